The van der Waals surface area contributed by atoms with Crippen molar-refractivity contribution in [3.8, 4) is 0 Å². The monoisotopic (exact) mass is 275 g/mol. The minimum absolute atomic E-state index is 0.661. The van der Waals surface area contributed by atoms with Crippen LogP contribution in [0.15, 0.2) is 12.4 Å². The predicted octanol–water partition coefficient (Wildman–Crippen LogP) is 1.14. The Balaban J connectivity index is 5.18. The Labute approximate surface area is 110 Å². The lowest BCUT2D eigenvalue weighted by atomic mass is 9.86. The van der Waals surface area contributed by atoms with Gasteiger partial charge < -0.3 is 10.5 Å². The molecule has 7 heteroatoms. The summed E-state index contributed by atoms with van der Waals surface area (Å²) in [6.07, 6.45) is 0. The van der Waals surface area contributed by atoms with E-state index >= 15 is 0 Å². The molecule has 3 N–H and O–H groups in total. The Morgan fingerprint density at radius 2 is 1.89 bits per heavy atom. The molecule has 0 spiro atoms. The Bertz CT molecular complexity index is 366. The lowest BCUT2D eigenvalue weighted by Gasteiger charge is -2.27. The fourth-order valence-corrected chi connectivity index (χ4v) is 1.24. The molecule has 0 aliphatic carbocycles. The summed E-state index contributed by atoms with van der Waals surface area (Å²) in [5.74, 6) is -3.08. The molecule has 1 amide bonds. The second-order valence-corrected chi connectivity index (χ2v) is 5.24. The normalized spacial score (nSPS) is 14.4. The first kappa shape index (κ1) is 16.5. The highest BCUT2D eigenvalue weighted by atomic mass is 32.1. The number of nitrogens with two attached hydrogens (primary N) is 1. The van der Waals surface area contributed by atoms with E-state index in [4.69, 9.17) is 16.2 Å². The summed E-state index contributed by atoms with van der Waals surface area (Å²) in [4.78, 5) is 22.1. The molecule has 5 nitrogen and oxygen atoms in total. The maximum Gasteiger partial charge on any atom is 0.311 e. The number of carbonyl (C=O) groups excluding carboxylic acids is 2. The topological polar surface area (TPSA) is 93.2 Å². The van der Waals surface area contributed by atoms with Crippen LogP contribution < -0.4 is 11.5 Å². The number of primary amides is 1. The highest BCUT2D eigenvalue weighted by molar-refractivity contribution is 7.80. The number of hydrogen-bond donors (Lipinski definition) is 1. The average Bonchev–Trinajstić information content (AvgIpc) is 2.14. The van der Waals surface area contributed by atoms with Crippen LogP contribution in [0.25, 0.3) is 0 Å². The third-order valence-corrected chi connectivity index (χ3v) is 2.65. The highest BCUT2D eigenvalue weighted by Gasteiger charge is 2.46. The van der Waals surface area contributed by atoms with Crippen LogP contribution in [0.5, 0.6) is 0 Å². The van der Waals surface area contributed by atoms with E-state index in [2.05, 4.69) is 18.8 Å². The van der Waals surface area contributed by atoms with Crippen molar-refractivity contribution in [2.45, 2.75) is 20.8 Å². The Morgan fingerprint density at radius 1 is 1.44 bits per heavy atom. The summed E-state index contributed by atoms with van der Waals surface area (Å²) in [5, 5.41) is 0. The molecule has 0 aromatic heterocycles. The summed E-state index contributed by atoms with van der Waals surface area (Å²) in [6.45, 7) is 6.95. The molecular formula is C11H16FN2O3S. The minimum Gasteiger partial charge on any atom is -0.463 e. The lowest BCUT2D eigenvalue weighted by molar-refractivity contribution is -0.155. The third-order valence-electron chi connectivity index (χ3n) is 2.30. The van der Waals surface area contributed by atoms with Gasteiger partial charge in [0.05, 0.1) is 5.41 Å². The smallest absolute Gasteiger partial charge is 0.311 e. The number of ether oxygens (including phenoxy) is 1. The summed E-state index contributed by atoms with van der Waals surface area (Å²) >= 11 is 4.50. The molecule has 0 saturated carbocycles. The van der Waals surface area contributed by atoms with Crippen molar-refractivity contribution in [1.29, 1.82) is 0 Å². The Morgan fingerprint density at radius 3 is 2.11 bits per heavy atom. The van der Waals surface area contributed by atoms with Gasteiger partial charge in [-0.2, -0.15) is 0 Å². The second kappa shape index (κ2) is 5.43. The molecule has 0 aromatic carbocycles. The van der Waals surface area contributed by atoms with Crippen LogP contribution in [0.3, 0.4) is 0 Å². The van der Waals surface area contributed by atoms with Crippen LogP contribution >= 0.6 is 12.2 Å². The van der Waals surface area contributed by atoms with Crippen molar-refractivity contribution < 1.29 is 18.7 Å². The molecule has 1 radical (unpaired) electrons. The first-order valence-electron chi connectivity index (χ1n) is 5.04. The molecule has 0 bridgehead atoms. The van der Waals surface area contributed by atoms with Gasteiger partial charge in [-0.15, -0.1) is 0 Å². The van der Waals surface area contributed by atoms with Gasteiger partial charge in [-0.1, -0.05) is 18.8 Å². The number of halogens is 1. The van der Waals surface area contributed by atoms with Crippen molar-refractivity contribution in [2.24, 2.45) is 16.6 Å². The zero-order valence-corrected chi connectivity index (χ0v) is 11.3. The summed E-state index contributed by atoms with van der Waals surface area (Å²) in [7, 11) is 0. The molecule has 0 saturated heterocycles. The molecule has 0 aromatic rings. The van der Waals surface area contributed by atoms with E-state index in [9.17, 15) is 14.0 Å². The zero-order chi connectivity index (χ0) is 14.7. The van der Waals surface area contributed by atoms with Crippen LogP contribution in [0.2, 0.25) is 0 Å². The van der Waals surface area contributed by atoms with Crippen molar-refractivity contribution in [3.05, 3.63) is 12.4 Å². The van der Waals surface area contributed by atoms with E-state index in [0.717, 1.165) is 0 Å². The summed E-state index contributed by atoms with van der Waals surface area (Å²) in [5.41, 5.74) is 9.22. The zero-order valence-electron chi connectivity index (χ0n) is 10.5. The van der Waals surface area contributed by atoms with Crippen molar-refractivity contribution in [1.82, 2.24) is 5.73 Å². The standard InChI is InChI=1S/C11H16FN2O3S/c1-6(12)11(7(13)15,8(14)18)5-17-9(16)10(2,3)4/h14H,1,5H2,2-4H3,(H2,13,15). The molecule has 0 aliphatic rings. The molecule has 18 heavy (non-hydrogen) atoms. The minimum atomic E-state index is -2.27. The van der Waals surface area contributed by atoms with E-state index in [1.807, 2.05) is 0 Å². The summed E-state index contributed by atoms with van der Waals surface area (Å²) in [6, 6.07) is 0. The van der Waals surface area contributed by atoms with E-state index < -0.39 is 40.1 Å². The number of carbonyl (C=O) groups is 2. The third kappa shape index (κ3) is 3.25. The quantitative estimate of drug-likeness (QED) is 0.601. The van der Waals surface area contributed by atoms with Crippen LogP contribution in [0, 0.1) is 10.8 Å². The molecule has 1 unspecified atom stereocenters. The molecule has 0 rings (SSSR count). The van der Waals surface area contributed by atoms with Crippen molar-refractivity contribution in [3.63, 3.8) is 0 Å². The number of hydrogen-bond acceptors (Lipinski definition) is 4. The maximum absolute atomic E-state index is 13.4. The maximum atomic E-state index is 13.4. The van der Waals surface area contributed by atoms with Gasteiger partial charge in [0, 0.05) is 0 Å². The molecule has 0 heterocycles. The van der Waals surface area contributed by atoms with Gasteiger partial charge in [-0.25, -0.2) is 4.39 Å². The fourth-order valence-electron chi connectivity index (χ4n) is 0.974. The average molecular weight is 275 g/mol. The van der Waals surface area contributed by atoms with Gasteiger partial charge in [-0.05, 0) is 20.8 Å². The Hall–Kier alpha value is -1.50. The Kier molecular flexibility index (Phi) is 4.98. The molecule has 0 fully saturated rings. The largest absolute Gasteiger partial charge is 0.463 e. The van der Waals surface area contributed by atoms with E-state index in [1.54, 1.807) is 20.8 Å². The number of thiocarbonyl (C=S) groups is 1. The number of rotatable bonds is 5. The van der Waals surface area contributed by atoms with E-state index in [1.165, 1.54) is 0 Å². The van der Waals surface area contributed by atoms with Crippen molar-refractivity contribution >= 4 is 29.1 Å². The molecule has 101 valence electrons. The predicted molar refractivity (Wildman–Crippen MR) is 68.0 cm³/mol. The number of amides is 1. The fraction of sp³-hybridized carbons (Fsp3) is 0.545. The van der Waals surface area contributed by atoms with Gasteiger partial charge in [0.1, 0.15) is 17.4 Å². The van der Waals surface area contributed by atoms with Gasteiger partial charge in [0.25, 0.3) is 0 Å². The lowest BCUT2D eigenvalue weighted by Crippen LogP contribution is -2.48. The van der Waals surface area contributed by atoms with Crippen LogP contribution in [0.1, 0.15) is 20.8 Å². The van der Waals surface area contributed by atoms with E-state index in [0.29, 0.717) is 0 Å². The van der Waals surface area contributed by atoms with Crippen LogP contribution in [0.4, 0.5) is 4.39 Å². The first-order chi connectivity index (χ1) is 7.96. The number of esters is 1. The van der Waals surface area contributed by atoms with Crippen molar-refractivity contribution in [2.75, 3.05) is 6.61 Å². The van der Waals surface area contributed by atoms with Gasteiger partial charge in [0.2, 0.25) is 5.91 Å². The summed E-state index contributed by atoms with van der Waals surface area (Å²) < 4.78 is 18.2. The van der Waals surface area contributed by atoms with E-state index in [-0.39, 0.29) is 0 Å². The molecule has 0 aliphatic heterocycles. The van der Waals surface area contributed by atoms with Gasteiger partial charge >= 0.3 is 5.97 Å². The first-order valence-corrected chi connectivity index (χ1v) is 5.45. The SMILES string of the molecule is C=C(F)C(COC(=O)C(C)(C)C)(C(N)=O)C([NH])=S. The van der Waals surface area contributed by atoms with Gasteiger partial charge in [-0.3, -0.25) is 15.3 Å². The number of nitrogens with one attached hydrogen (secondary N) is 1. The van der Waals surface area contributed by atoms with Crippen LogP contribution in [-0.4, -0.2) is 23.5 Å². The van der Waals surface area contributed by atoms with Gasteiger partial charge in [0.15, 0.2) is 5.41 Å². The van der Waals surface area contributed by atoms with Crippen LogP contribution in [-0.2, 0) is 14.3 Å². The second-order valence-electron chi connectivity index (χ2n) is 4.83. The highest BCUT2D eigenvalue weighted by Crippen LogP contribution is 2.30. The molecular weight excluding hydrogens is 259 g/mol. The molecule has 1 atom stereocenters.